The average Bonchev–Trinajstić information content (AvgIpc) is 2.72. The van der Waals surface area contributed by atoms with Gasteiger partial charge in [-0.05, 0) is 49.3 Å². The Morgan fingerprint density at radius 2 is 1.87 bits per heavy atom. The van der Waals surface area contributed by atoms with E-state index in [1.165, 1.54) is 18.3 Å². The molecule has 1 aliphatic rings. The molecule has 0 aliphatic heterocycles. The molecule has 4 unspecified atom stereocenters. The van der Waals surface area contributed by atoms with Crippen LogP contribution in [0.4, 0.5) is 0 Å². The van der Waals surface area contributed by atoms with E-state index in [-0.39, 0.29) is 34.7 Å². The number of carbonyl (C=O) groups excluding carboxylic acids is 1. The van der Waals surface area contributed by atoms with E-state index in [1.54, 1.807) is 12.1 Å². The Hall–Kier alpha value is -3.08. The van der Waals surface area contributed by atoms with Crippen LogP contribution in [0.25, 0.3) is 11.1 Å². The molecule has 0 spiro atoms. The number of aromatic hydroxyl groups is 2. The topological polar surface area (TPSA) is 90.4 Å². The molecular weight excluding hydrogens is 378 g/mol. The summed E-state index contributed by atoms with van der Waals surface area (Å²) in [5, 5.41) is 20.4. The van der Waals surface area contributed by atoms with Crippen molar-refractivity contribution in [2.24, 2.45) is 23.7 Å². The lowest BCUT2D eigenvalue weighted by atomic mass is 9.65. The molecule has 1 aromatic carbocycles. The minimum absolute atomic E-state index is 0.0395. The zero-order valence-electron chi connectivity index (χ0n) is 17.8. The molecule has 0 amide bonds. The summed E-state index contributed by atoms with van der Waals surface area (Å²) in [5.74, 6) is -0.534. The molecule has 1 aliphatic carbocycles. The number of hydrogen-bond acceptors (Lipinski definition) is 4. The molecule has 0 saturated heterocycles. The van der Waals surface area contributed by atoms with E-state index >= 15 is 0 Å². The van der Waals surface area contributed by atoms with Crippen molar-refractivity contribution in [2.45, 2.75) is 34.1 Å². The highest BCUT2D eigenvalue weighted by Gasteiger charge is 2.39. The van der Waals surface area contributed by atoms with Crippen LogP contribution in [-0.4, -0.2) is 21.0 Å². The van der Waals surface area contributed by atoms with Gasteiger partial charge in [0, 0.05) is 17.7 Å². The molecule has 5 heteroatoms. The molecule has 0 radical (unpaired) electrons. The third-order valence-electron chi connectivity index (χ3n) is 6.39. The van der Waals surface area contributed by atoms with Crippen LogP contribution in [0.3, 0.4) is 0 Å². The van der Waals surface area contributed by atoms with Gasteiger partial charge in [-0.25, -0.2) is 0 Å². The van der Waals surface area contributed by atoms with E-state index in [1.807, 2.05) is 32.1 Å². The van der Waals surface area contributed by atoms with Crippen LogP contribution in [-0.2, 0) is 0 Å². The highest BCUT2D eigenvalue weighted by atomic mass is 16.3. The Bertz CT molecular complexity index is 1050. The molecule has 0 fully saturated rings. The maximum Gasteiger partial charge on any atom is 0.262 e. The Labute approximate surface area is 176 Å². The number of aromatic nitrogens is 1. The predicted octanol–water partition coefficient (Wildman–Crippen LogP) is 5.07. The Morgan fingerprint density at radius 3 is 2.47 bits per heavy atom. The minimum atomic E-state index is -0.600. The lowest BCUT2D eigenvalue weighted by Crippen LogP contribution is -2.36. The SMILES string of the molecule is C/C=C/C1C(C(=O)c2c(O)c(-c3ccc(O)cc3)c[nH]c2=O)C=C(C)C(C)C1CC. The number of ketones is 1. The zero-order chi connectivity index (χ0) is 22.0. The normalized spacial score (nSPS) is 24.1. The Balaban J connectivity index is 2.12. The first-order valence-electron chi connectivity index (χ1n) is 10.4. The van der Waals surface area contributed by atoms with Crippen molar-refractivity contribution in [3.8, 4) is 22.6 Å². The standard InChI is InChI=1S/C25H29NO4/c1-5-7-19-18(6-2)15(4)14(3)12-20(19)23(28)22-24(29)21(13-26-25(22)30)16-8-10-17(27)11-9-16/h5,7-13,15,18-20,27H,6H2,1-4H3,(H2,26,29,30)/b7-5+. The van der Waals surface area contributed by atoms with Crippen molar-refractivity contribution in [1.29, 1.82) is 0 Å². The number of carbonyl (C=O) groups is 1. The molecule has 3 rings (SSSR count). The van der Waals surface area contributed by atoms with E-state index in [2.05, 4.69) is 18.8 Å². The van der Waals surface area contributed by atoms with Crippen molar-refractivity contribution in [3.63, 3.8) is 0 Å². The number of phenolic OH excluding ortho intramolecular Hbond substituents is 1. The second kappa shape index (κ2) is 8.74. The van der Waals surface area contributed by atoms with Crippen LogP contribution in [0.1, 0.15) is 44.5 Å². The summed E-state index contributed by atoms with van der Waals surface area (Å²) in [5.41, 5.74) is 1.26. The predicted molar refractivity (Wildman–Crippen MR) is 119 cm³/mol. The summed E-state index contributed by atoms with van der Waals surface area (Å²) in [6, 6.07) is 6.23. The Morgan fingerprint density at radius 1 is 1.20 bits per heavy atom. The van der Waals surface area contributed by atoms with Gasteiger partial charge >= 0.3 is 0 Å². The summed E-state index contributed by atoms with van der Waals surface area (Å²) < 4.78 is 0. The van der Waals surface area contributed by atoms with E-state index < -0.39 is 11.5 Å². The number of rotatable bonds is 5. The summed E-state index contributed by atoms with van der Waals surface area (Å²) in [6.07, 6.45) is 8.26. The number of hydrogen-bond donors (Lipinski definition) is 3. The molecule has 1 aromatic heterocycles. The maximum absolute atomic E-state index is 13.6. The van der Waals surface area contributed by atoms with Gasteiger partial charge in [0.25, 0.3) is 5.56 Å². The van der Waals surface area contributed by atoms with E-state index in [0.29, 0.717) is 17.0 Å². The van der Waals surface area contributed by atoms with Crippen molar-refractivity contribution in [2.75, 3.05) is 0 Å². The monoisotopic (exact) mass is 407 g/mol. The zero-order valence-corrected chi connectivity index (χ0v) is 17.8. The summed E-state index contributed by atoms with van der Waals surface area (Å²) in [7, 11) is 0. The second-order valence-electron chi connectivity index (χ2n) is 8.07. The van der Waals surface area contributed by atoms with Gasteiger partial charge in [-0.1, -0.05) is 56.2 Å². The number of H-pyrrole nitrogens is 1. The third kappa shape index (κ3) is 3.84. The average molecular weight is 408 g/mol. The van der Waals surface area contributed by atoms with Crippen molar-refractivity contribution in [1.82, 2.24) is 4.98 Å². The molecule has 30 heavy (non-hydrogen) atoms. The van der Waals surface area contributed by atoms with Crippen molar-refractivity contribution < 1.29 is 15.0 Å². The largest absolute Gasteiger partial charge is 0.508 e. The van der Waals surface area contributed by atoms with Crippen molar-refractivity contribution >= 4 is 5.78 Å². The highest BCUT2D eigenvalue weighted by Crippen LogP contribution is 2.43. The highest BCUT2D eigenvalue weighted by molar-refractivity contribution is 6.03. The molecule has 3 N–H and O–H groups in total. The molecule has 0 saturated carbocycles. The van der Waals surface area contributed by atoms with Gasteiger partial charge in [0.1, 0.15) is 17.1 Å². The fourth-order valence-electron chi connectivity index (χ4n) is 4.62. The fourth-order valence-corrected chi connectivity index (χ4v) is 4.62. The van der Waals surface area contributed by atoms with E-state index in [9.17, 15) is 19.8 Å². The van der Waals surface area contributed by atoms with Crippen LogP contribution >= 0.6 is 0 Å². The van der Waals surface area contributed by atoms with Crippen LogP contribution in [0.15, 0.2) is 59.1 Å². The molecule has 2 aromatic rings. The lowest BCUT2D eigenvalue weighted by Gasteiger charge is -2.38. The smallest absolute Gasteiger partial charge is 0.262 e. The van der Waals surface area contributed by atoms with Gasteiger partial charge in [-0.2, -0.15) is 0 Å². The summed E-state index contributed by atoms with van der Waals surface area (Å²) >= 11 is 0. The number of allylic oxidation sites excluding steroid dienone is 4. The van der Waals surface area contributed by atoms with E-state index in [4.69, 9.17) is 0 Å². The van der Waals surface area contributed by atoms with Crippen LogP contribution in [0.5, 0.6) is 11.5 Å². The van der Waals surface area contributed by atoms with Crippen molar-refractivity contribution in [3.05, 3.63) is 70.2 Å². The number of Topliss-reactive ketones (excluding diaryl/α,β-unsaturated/α-hetero) is 1. The minimum Gasteiger partial charge on any atom is -0.508 e. The number of phenols is 1. The summed E-state index contributed by atoms with van der Waals surface area (Å²) in [4.78, 5) is 28.8. The van der Waals surface area contributed by atoms with Gasteiger partial charge < -0.3 is 15.2 Å². The molecular formula is C25H29NO4. The first kappa shape index (κ1) is 21.6. The molecule has 1 heterocycles. The lowest BCUT2D eigenvalue weighted by molar-refractivity contribution is 0.0868. The number of benzene rings is 1. The van der Waals surface area contributed by atoms with Crippen LogP contribution in [0, 0.1) is 23.7 Å². The fraction of sp³-hybridized carbons (Fsp3) is 0.360. The maximum atomic E-state index is 13.6. The van der Waals surface area contributed by atoms with Crippen LogP contribution < -0.4 is 5.56 Å². The number of aromatic amines is 1. The summed E-state index contributed by atoms with van der Waals surface area (Å²) in [6.45, 7) is 8.25. The molecule has 158 valence electrons. The first-order chi connectivity index (χ1) is 14.3. The molecule has 4 atom stereocenters. The Kier molecular flexibility index (Phi) is 6.30. The van der Waals surface area contributed by atoms with Crippen LogP contribution in [0.2, 0.25) is 0 Å². The number of nitrogens with one attached hydrogen (secondary N) is 1. The molecule has 5 nitrogen and oxygen atoms in total. The van der Waals surface area contributed by atoms with Gasteiger partial charge in [0.15, 0.2) is 5.78 Å². The van der Waals surface area contributed by atoms with Gasteiger partial charge in [-0.3, -0.25) is 9.59 Å². The number of pyridine rings is 1. The van der Waals surface area contributed by atoms with Gasteiger partial charge in [0.05, 0.1) is 0 Å². The first-order valence-corrected chi connectivity index (χ1v) is 10.4. The molecule has 0 bridgehead atoms. The third-order valence-corrected chi connectivity index (χ3v) is 6.39. The second-order valence-corrected chi connectivity index (χ2v) is 8.07. The van der Waals surface area contributed by atoms with Gasteiger partial charge in [0.2, 0.25) is 0 Å². The van der Waals surface area contributed by atoms with E-state index in [0.717, 1.165) is 12.0 Å². The quantitative estimate of drug-likeness (QED) is 0.477. The van der Waals surface area contributed by atoms with Gasteiger partial charge in [-0.15, -0.1) is 0 Å².